The number of methoxy groups -OCH3 is 4. The molecule has 0 aromatic heterocycles. The summed E-state index contributed by atoms with van der Waals surface area (Å²) in [6.45, 7) is 4.32. The number of nitrogens with zero attached hydrogens (tertiary/aromatic N) is 1. The zero-order valence-electron chi connectivity index (χ0n) is 18.1. The number of aliphatic hydroxyl groups is 1. The average molecular weight is 429 g/mol. The van der Waals surface area contributed by atoms with E-state index in [1.54, 1.807) is 36.3 Å². The van der Waals surface area contributed by atoms with Gasteiger partial charge in [0.25, 0.3) is 5.91 Å². The van der Waals surface area contributed by atoms with Crippen molar-refractivity contribution in [2.45, 2.75) is 12.5 Å². The molecule has 3 rings (SSSR count). The topological polar surface area (TPSA) is 86.7 Å². The molecule has 8 nitrogen and oxygen atoms in total. The molecule has 1 fully saturated rings. The zero-order chi connectivity index (χ0) is 22.5. The molecule has 0 bridgehead atoms. The molecule has 1 atom stereocenters. The van der Waals surface area contributed by atoms with Crippen molar-refractivity contribution >= 4 is 11.6 Å². The van der Waals surface area contributed by atoms with E-state index < -0.39 is 6.04 Å². The maximum absolute atomic E-state index is 12.8. The third-order valence-corrected chi connectivity index (χ3v) is 5.08. The minimum Gasteiger partial charge on any atom is -0.497 e. The Hall–Kier alpha value is -3.39. The molecule has 0 unspecified atom stereocenters. The molecular weight excluding hydrogens is 402 g/mol. The number of aliphatic hydroxyl groups excluding tert-OH is 1. The summed E-state index contributed by atoms with van der Waals surface area (Å²) in [6.07, 6.45) is 0.484. The smallest absolute Gasteiger partial charge is 0.256 e. The quantitative estimate of drug-likeness (QED) is 0.353. The van der Waals surface area contributed by atoms with E-state index in [1.807, 2.05) is 6.07 Å². The van der Waals surface area contributed by atoms with Gasteiger partial charge < -0.3 is 28.8 Å². The predicted octanol–water partition coefficient (Wildman–Crippen LogP) is 3.13. The minimum absolute atomic E-state index is 0.0193. The summed E-state index contributed by atoms with van der Waals surface area (Å²) in [6, 6.07) is 8.40. The van der Waals surface area contributed by atoms with Crippen LogP contribution in [0, 0.1) is 0 Å². The number of carbonyl (C=O) groups is 1. The van der Waals surface area contributed by atoms with Gasteiger partial charge in [0.2, 0.25) is 5.75 Å². The van der Waals surface area contributed by atoms with Crippen LogP contribution in [0.3, 0.4) is 0 Å². The molecule has 2 aromatic rings. The number of hydrogen-bond donors (Lipinski definition) is 1. The van der Waals surface area contributed by atoms with Gasteiger partial charge in [-0.3, -0.25) is 9.69 Å². The van der Waals surface area contributed by atoms with Crippen molar-refractivity contribution in [1.29, 1.82) is 0 Å². The van der Waals surface area contributed by atoms with Crippen LogP contribution in [0.4, 0.5) is 5.69 Å². The van der Waals surface area contributed by atoms with Crippen LogP contribution in [0.5, 0.6) is 28.7 Å². The van der Waals surface area contributed by atoms with E-state index in [4.69, 9.17) is 28.8 Å². The van der Waals surface area contributed by atoms with Crippen molar-refractivity contribution in [3.05, 3.63) is 48.0 Å². The molecule has 1 aliphatic heterocycles. The van der Waals surface area contributed by atoms with Crippen molar-refractivity contribution in [3.8, 4) is 28.7 Å². The summed E-state index contributed by atoms with van der Waals surface area (Å²) >= 11 is 0. The van der Waals surface area contributed by atoms with E-state index in [0.29, 0.717) is 53.0 Å². The first kappa shape index (κ1) is 22.3. The van der Waals surface area contributed by atoms with Crippen molar-refractivity contribution in [1.82, 2.24) is 0 Å². The van der Waals surface area contributed by atoms with Gasteiger partial charge in [-0.05, 0) is 12.1 Å². The fourth-order valence-corrected chi connectivity index (χ4v) is 3.52. The number of rotatable bonds is 10. The molecule has 0 saturated carbocycles. The zero-order valence-corrected chi connectivity index (χ0v) is 18.1. The second-order valence-corrected chi connectivity index (χ2v) is 6.82. The third-order valence-electron chi connectivity index (χ3n) is 5.08. The van der Waals surface area contributed by atoms with Crippen molar-refractivity contribution < 1.29 is 33.6 Å². The van der Waals surface area contributed by atoms with Crippen molar-refractivity contribution in [3.63, 3.8) is 0 Å². The number of benzene rings is 2. The monoisotopic (exact) mass is 429 g/mol. The Kier molecular flexibility index (Phi) is 6.91. The highest BCUT2D eigenvalue weighted by Gasteiger charge is 2.44. The Morgan fingerprint density at radius 3 is 2.19 bits per heavy atom. The predicted molar refractivity (Wildman–Crippen MR) is 116 cm³/mol. The van der Waals surface area contributed by atoms with Crippen LogP contribution >= 0.6 is 0 Å². The lowest BCUT2D eigenvalue weighted by atomic mass is 9.87. The maximum atomic E-state index is 12.8. The second-order valence-electron chi connectivity index (χ2n) is 6.82. The highest BCUT2D eigenvalue weighted by molar-refractivity contribution is 6.15. The number of ether oxygens (including phenoxy) is 5. The van der Waals surface area contributed by atoms with Gasteiger partial charge in [-0.1, -0.05) is 6.58 Å². The van der Waals surface area contributed by atoms with Crippen molar-refractivity contribution in [2.75, 3.05) is 46.6 Å². The maximum Gasteiger partial charge on any atom is 0.256 e. The average Bonchev–Trinajstić information content (AvgIpc) is 2.81. The van der Waals surface area contributed by atoms with Gasteiger partial charge in [0, 0.05) is 42.4 Å². The summed E-state index contributed by atoms with van der Waals surface area (Å²) in [5.74, 6) is 2.29. The van der Waals surface area contributed by atoms with Crippen LogP contribution in [0.2, 0.25) is 0 Å². The number of amides is 1. The van der Waals surface area contributed by atoms with E-state index in [2.05, 4.69) is 6.58 Å². The van der Waals surface area contributed by atoms with Crippen LogP contribution in [0.15, 0.2) is 42.5 Å². The standard InChI is InChI=1S/C23H27NO7/c1-14-21(17-8-7-16(27-2)13-18(17)31-10-6-9-25)24(23(14)26)15-11-19(28-3)22(30-5)20(12-15)29-4/h7-8,11-13,21,25H,1,6,9-10H2,2-5H3/t21-/m1/s1. The molecule has 1 heterocycles. The van der Waals surface area contributed by atoms with Crippen LogP contribution in [-0.2, 0) is 4.79 Å². The van der Waals surface area contributed by atoms with E-state index in [-0.39, 0.29) is 12.5 Å². The Balaban J connectivity index is 2.05. The highest BCUT2D eigenvalue weighted by Crippen LogP contribution is 2.49. The van der Waals surface area contributed by atoms with Crippen LogP contribution < -0.4 is 28.6 Å². The first-order chi connectivity index (χ1) is 15.0. The lowest BCUT2D eigenvalue weighted by Crippen LogP contribution is -2.49. The van der Waals surface area contributed by atoms with Gasteiger partial charge in [0.1, 0.15) is 11.5 Å². The Morgan fingerprint density at radius 2 is 1.65 bits per heavy atom. The molecule has 8 heteroatoms. The Bertz CT molecular complexity index is 947. The molecular formula is C23H27NO7. The molecule has 1 saturated heterocycles. The highest BCUT2D eigenvalue weighted by atomic mass is 16.5. The summed E-state index contributed by atoms with van der Waals surface area (Å²) < 4.78 is 27.4. The lowest BCUT2D eigenvalue weighted by molar-refractivity contribution is -0.119. The van der Waals surface area contributed by atoms with Gasteiger partial charge in [-0.25, -0.2) is 0 Å². The normalized spacial score (nSPS) is 15.4. The number of anilines is 1. The number of hydrogen-bond acceptors (Lipinski definition) is 7. The fourth-order valence-electron chi connectivity index (χ4n) is 3.52. The van der Waals surface area contributed by atoms with Gasteiger partial charge in [-0.15, -0.1) is 0 Å². The van der Waals surface area contributed by atoms with Gasteiger partial charge in [0.15, 0.2) is 11.5 Å². The number of carbonyl (C=O) groups excluding carboxylic acids is 1. The van der Waals surface area contributed by atoms with Gasteiger partial charge in [-0.2, -0.15) is 0 Å². The van der Waals surface area contributed by atoms with Gasteiger partial charge in [0.05, 0.1) is 46.8 Å². The summed E-state index contributed by atoms with van der Waals surface area (Å²) in [4.78, 5) is 14.4. The molecule has 0 radical (unpaired) electrons. The summed E-state index contributed by atoms with van der Waals surface area (Å²) in [7, 11) is 6.13. The fraction of sp³-hybridized carbons (Fsp3) is 0.348. The lowest BCUT2D eigenvalue weighted by Gasteiger charge is -2.43. The molecule has 1 amide bonds. The van der Waals surface area contributed by atoms with E-state index in [0.717, 1.165) is 5.56 Å². The Morgan fingerprint density at radius 1 is 0.968 bits per heavy atom. The minimum atomic E-state index is -0.440. The van der Waals surface area contributed by atoms with Crippen LogP contribution in [-0.4, -0.2) is 52.7 Å². The molecule has 2 aromatic carbocycles. The van der Waals surface area contributed by atoms with E-state index in [9.17, 15) is 4.79 Å². The first-order valence-electron chi connectivity index (χ1n) is 9.74. The number of β-lactam (4-membered cyclic amide) rings is 1. The van der Waals surface area contributed by atoms with Crippen LogP contribution in [0.25, 0.3) is 0 Å². The molecule has 1 aliphatic rings. The van der Waals surface area contributed by atoms with Crippen molar-refractivity contribution in [2.24, 2.45) is 0 Å². The second kappa shape index (κ2) is 9.61. The summed E-state index contributed by atoms with van der Waals surface area (Å²) in [5, 5.41) is 9.08. The molecule has 31 heavy (non-hydrogen) atoms. The van der Waals surface area contributed by atoms with E-state index >= 15 is 0 Å². The Labute approximate surface area is 181 Å². The molecule has 1 N–H and O–H groups in total. The molecule has 166 valence electrons. The largest absolute Gasteiger partial charge is 0.497 e. The summed E-state index contributed by atoms with van der Waals surface area (Å²) in [5.41, 5.74) is 1.78. The third kappa shape index (κ3) is 4.11. The van der Waals surface area contributed by atoms with Gasteiger partial charge >= 0.3 is 0 Å². The first-order valence-corrected chi connectivity index (χ1v) is 9.74. The SMILES string of the molecule is C=C1C(=O)N(c2cc(OC)c(OC)c(OC)c2)[C@H]1c1ccc(OC)cc1OCCCO. The molecule has 0 aliphatic carbocycles. The van der Waals surface area contributed by atoms with Crippen LogP contribution in [0.1, 0.15) is 18.0 Å². The molecule has 0 spiro atoms. The van der Waals surface area contributed by atoms with E-state index in [1.165, 1.54) is 21.3 Å².